The summed E-state index contributed by atoms with van der Waals surface area (Å²) in [6.45, 7) is 4.36. The molecule has 2 saturated heterocycles. The molecule has 2 aliphatic heterocycles. The topological polar surface area (TPSA) is 81.4 Å². The molecule has 0 spiro atoms. The van der Waals surface area contributed by atoms with E-state index in [2.05, 4.69) is 31.9 Å². The van der Waals surface area contributed by atoms with Crippen LogP contribution in [0.3, 0.4) is 0 Å². The molecule has 5 unspecified atom stereocenters. The first-order valence-corrected chi connectivity index (χ1v) is 10.2. The zero-order valence-corrected chi connectivity index (χ0v) is 15.9. The Morgan fingerprint density at radius 2 is 1.96 bits per heavy atom. The maximum Gasteiger partial charge on any atom is 0.113 e. The Morgan fingerprint density at radius 1 is 1.04 bits per heavy atom. The zero-order chi connectivity index (χ0) is 17.5. The average Bonchev–Trinajstić information content (AvgIpc) is 3.16. The van der Waals surface area contributed by atoms with Crippen LogP contribution in [0.25, 0.3) is 0 Å². The number of methoxy groups -OCH3 is 1. The highest BCUT2D eigenvalue weighted by molar-refractivity contribution is 4.88. The van der Waals surface area contributed by atoms with Gasteiger partial charge in [-0.3, -0.25) is 16.0 Å². The number of ether oxygens (including phenoxy) is 1. The van der Waals surface area contributed by atoms with E-state index >= 15 is 0 Å². The van der Waals surface area contributed by atoms with Gasteiger partial charge in [0.2, 0.25) is 0 Å². The van der Waals surface area contributed by atoms with E-state index in [9.17, 15) is 0 Å². The lowest BCUT2D eigenvalue weighted by molar-refractivity contribution is 0.0114. The van der Waals surface area contributed by atoms with Crippen LogP contribution in [0.2, 0.25) is 0 Å². The number of hydrogen-bond donors (Lipinski definition) is 6. The fourth-order valence-corrected chi connectivity index (χ4v) is 4.57. The predicted molar refractivity (Wildman–Crippen MR) is 101 cm³/mol. The Labute approximate surface area is 152 Å². The molecular weight excluding hydrogens is 316 g/mol. The largest absolute Gasteiger partial charge is 0.381 e. The second-order valence-corrected chi connectivity index (χ2v) is 7.85. The molecule has 6 atom stereocenters. The van der Waals surface area contributed by atoms with Gasteiger partial charge in [-0.15, -0.1) is 0 Å². The highest BCUT2D eigenvalue weighted by Gasteiger charge is 2.32. The number of rotatable bonds is 8. The van der Waals surface area contributed by atoms with E-state index in [0.29, 0.717) is 30.3 Å². The van der Waals surface area contributed by atoms with Gasteiger partial charge in [-0.25, -0.2) is 0 Å². The Kier molecular flexibility index (Phi) is 7.91. The Balaban J connectivity index is 1.42. The van der Waals surface area contributed by atoms with Crippen LogP contribution in [0, 0.1) is 5.92 Å². The third kappa shape index (κ3) is 5.85. The molecule has 0 aromatic heterocycles. The van der Waals surface area contributed by atoms with Gasteiger partial charge in [-0.1, -0.05) is 0 Å². The van der Waals surface area contributed by atoms with E-state index < -0.39 is 0 Å². The Hall–Kier alpha value is -0.280. The van der Waals surface area contributed by atoms with Crippen LogP contribution in [0.5, 0.6) is 0 Å². The number of nitrogens with one attached hydrogen (secondary N) is 6. The van der Waals surface area contributed by atoms with Gasteiger partial charge in [-0.2, -0.15) is 0 Å². The summed E-state index contributed by atoms with van der Waals surface area (Å²) in [7, 11) is 3.89. The molecule has 0 bridgehead atoms. The molecule has 146 valence electrons. The third-order valence-electron chi connectivity index (χ3n) is 6.08. The Morgan fingerprint density at radius 3 is 2.72 bits per heavy atom. The minimum absolute atomic E-state index is 0.201. The summed E-state index contributed by atoms with van der Waals surface area (Å²) in [4.78, 5) is 0. The molecule has 7 heteroatoms. The van der Waals surface area contributed by atoms with E-state index in [0.717, 1.165) is 32.5 Å². The second-order valence-electron chi connectivity index (χ2n) is 7.85. The van der Waals surface area contributed by atoms with Crippen LogP contribution >= 0.6 is 0 Å². The summed E-state index contributed by atoms with van der Waals surface area (Å²) >= 11 is 0. The van der Waals surface area contributed by atoms with Gasteiger partial charge in [-0.05, 0) is 58.0 Å². The van der Waals surface area contributed by atoms with E-state index in [1.165, 1.54) is 32.2 Å². The van der Waals surface area contributed by atoms with Gasteiger partial charge in [0.25, 0.3) is 0 Å². The normalized spacial score (nSPS) is 39.6. The zero-order valence-electron chi connectivity index (χ0n) is 15.9. The highest BCUT2D eigenvalue weighted by atomic mass is 16.5. The first-order valence-electron chi connectivity index (χ1n) is 10.2. The van der Waals surface area contributed by atoms with Crippen LogP contribution in [0.1, 0.15) is 38.5 Å². The summed E-state index contributed by atoms with van der Waals surface area (Å²) in [5.74, 6) is 0.585. The smallest absolute Gasteiger partial charge is 0.113 e. The summed E-state index contributed by atoms with van der Waals surface area (Å²) in [5, 5.41) is 21.5. The lowest BCUT2D eigenvalue weighted by atomic mass is 9.83. The summed E-state index contributed by atoms with van der Waals surface area (Å²) < 4.78 is 5.77. The van der Waals surface area contributed by atoms with Crippen LogP contribution < -0.4 is 31.9 Å². The van der Waals surface area contributed by atoms with E-state index in [-0.39, 0.29) is 6.29 Å². The third-order valence-corrected chi connectivity index (χ3v) is 6.08. The van der Waals surface area contributed by atoms with Crippen molar-refractivity contribution in [1.82, 2.24) is 31.9 Å². The lowest BCUT2D eigenvalue weighted by Gasteiger charge is -2.40. The summed E-state index contributed by atoms with van der Waals surface area (Å²) in [5.41, 5.74) is 0. The van der Waals surface area contributed by atoms with Crippen LogP contribution in [-0.2, 0) is 4.74 Å². The van der Waals surface area contributed by atoms with Crippen molar-refractivity contribution in [2.75, 3.05) is 40.3 Å². The summed E-state index contributed by atoms with van der Waals surface area (Å²) in [6, 6.07) is 1.20. The Bertz CT molecular complexity index is 379. The molecule has 0 amide bonds. The fraction of sp³-hybridized carbons (Fsp3) is 1.00. The first kappa shape index (κ1) is 19.5. The summed E-state index contributed by atoms with van der Waals surface area (Å²) in [6.07, 6.45) is 8.23. The maximum atomic E-state index is 5.77. The molecule has 2 heterocycles. The van der Waals surface area contributed by atoms with Gasteiger partial charge in [0.05, 0.1) is 12.3 Å². The maximum absolute atomic E-state index is 5.77. The first-order chi connectivity index (χ1) is 12.3. The van der Waals surface area contributed by atoms with Gasteiger partial charge in [0, 0.05) is 38.8 Å². The monoisotopic (exact) mass is 354 g/mol. The highest BCUT2D eigenvalue weighted by Crippen LogP contribution is 2.27. The van der Waals surface area contributed by atoms with Gasteiger partial charge < -0.3 is 20.7 Å². The van der Waals surface area contributed by atoms with Crippen molar-refractivity contribution < 1.29 is 4.74 Å². The molecular formula is C18H38N6O. The molecule has 6 N–H and O–H groups in total. The standard InChI is InChI=1S/C18H38N6O/c1-19-17-7-9-22-18(24-17)23-14-5-6-16(25-2)13(10-14)11-20-12-15-4-3-8-21-15/h13-24H,3-12H2,1-2H3/t13?,14?,15-,16?,17?,18?/m0/s1. The lowest BCUT2D eigenvalue weighted by Crippen LogP contribution is -2.65. The van der Waals surface area contributed by atoms with Crippen LogP contribution in [0.15, 0.2) is 0 Å². The second kappa shape index (κ2) is 10.2. The van der Waals surface area contributed by atoms with Gasteiger partial charge in [0.1, 0.15) is 6.29 Å². The van der Waals surface area contributed by atoms with Crippen molar-refractivity contribution in [2.24, 2.45) is 5.92 Å². The SMILES string of the molecule is CNC1CCNC(NC2CCC(OC)C(CNC[C@@H]3CCCN3)C2)N1. The van der Waals surface area contributed by atoms with Crippen molar-refractivity contribution in [3.8, 4) is 0 Å². The minimum Gasteiger partial charge on any atom is -0.381 e. The number of hydrogen-bond acceptors (Lipinski definition) is 7. The van der Waals surface area contributed by atoms with Crippen molar-refractivity contribution >= 4 is 0 Å². The fourth-order valence-electron chi connectivity index (χ4n) is 4.57. The van der Waals surface area contributed by atoms with Gasteiger partial charge >= 0.3 is 0 Å². The molecule has 0 aromatic carbocycles. The molecule has 0 radical (unpaired) electrons. The molecule has 0 aromatic rings. The van der Waals surface area contributed by atoms with Crippen LogP contribution in [-0.4, -0.2) is 71.0 Å². The van der Waals surface area contributed by atoms with Crippen molar-refractivity contribution in [2.45, 2.75) is 69.2 Å². The molecule has 3 fully saturated rings. The molecule has 1 saturated carbocycles. The molecule has 25 heavy (non-hydrogen) atoms. The van der Waals surface area contributed by atoms with Crippen molar-refractivity contribution in [3.63, 3.8) is 0 Å². The molecule has 3 aliphatic rings. The molecule has 3 rings (SSSR count). The van der Waals surface area contributed by atoms with E-state index in [1.54, 1.807) is 0 Å². The van der Waals surface area contributed by atoms with Crippen LogP contribution in [0.4, 0.5) is 0 Å². The molecule has 1 aliphatic carbocycles. The average molecular weight is 355 g/mol. The van der Waals surface area contributed by atoms with Crippen molar-refractivity contribution in [3.05, 3.63) is 0 Å². The van der Waals surface area contributed by atoms with Crippen molar-refractivity contribution in [1.29, 1.82) is 0 Å². The van der Waals surface area contributed by atoms with Gasteiger partial charge in [0.15, 0.2) is 0 Å². The van der Waals surface area contributed by atoms with E-state index in [4.69, 9.17) is 4.74 Å². The molecule has 7 nitrogen and oxygen atoms in total. The minimum atomic E-state index is 0.201. The quantitative estimate of drug-likeness (QED) is 0.351. The predicted octanol–water partition coefficient (Wildman–Crippen LogP) is -0.487. The van der Waals surface area contributed by atoms with E-state index in [1.807, 2.05) is 14.2 Å².